The molecule has 0 atom stereocenters. The third-order valence-electron chi connectivity index (χ3n) is 3.71. The summed E-state index contributed by atoms with van der Waals surface area (Å²) in [5.41, 5.74) is 3.14. The van der Waals surface area contributed by atoms with E-state index in [1.165, 1.54) is 5.56 Å². The lowest BCUT2D eigenvalue weighted by Crippen LogP contribution is -2.16. The molecule has 1 aromatic heterocycles. The lowest BCUT2D eigenvalue weighted by atomic mass is 10.1. The average Bonchev–Trinajstić information content (AvgIpc) is 2.54. The van der Waals surface area contributed by atoms with E-state index >= 15 is 0 Å². The first-order valence-electron chi connectivity index (χ1n) is 8.47. The minimum absolute atomic E-state index is 0.225. The Hall–Kier alpha value is -2.43. The predicted octanol–water partition coefficient (Wildman–Crippen LogP) is 4.06. The van der Waals surface area contributed by atoms with Gasteiger partial charge in [-0.2, -0.15) is 0 Å². The van der Waals surface area contributed by atoms with Crippen LogP contribution in [0.5, 0.6) is 0 Å². The fourth-order valence-electron chi connectivity index (χ4n) is 2.26. The molecule has 0 unspecified atom stereocenters. The largest absolute Gasteiger partial charge is 0.354 e. The highest BCUT2D eigenvalue weighted by Gasteiger charge is 2.11. The summed E-state index contributed by atoms with van der Waals surface area (Å²) in [7, 11) is 0. The molecule has 5 nitrogen and oxygen atoms in total. The summed E-state index contributed by atoms with van der Waals surface area (Å²) in [5, 5.41) is 6.07. The summed E-state index contributed by atoms with van der Waals surface area (Å²) in [6, 6.07) is 9.54. The Morgan fingerprint density at radius 1 is 1.17 bits per heavy atom. The van der Waals surface area contributed by atoms with Crippen molar-refractivity contribution < 1.29 is 4.79 Å². The van der Waals surface area contributed by atoms with E-state index in [9.17, 15) is 4.79 Å². The van der Waals surface area contributed by atoms with E-state index in [2.05, 4.69) is 41.4 Å². The smallest absolute Gasteiger partial charge is 0.274 e. The van der Waals surface area contributed by atoms with Gasteiger partial charge in [-0.15, -0.1) is 0 Å². The van der Waals surface area contributed by atoms with Crippen LogP contribution in [-0.4, -0.2) is 22.4 Å². The fraction of sp³-hybridized carbons (Fsp3) is 0.421. The van der Waals surface area contributed by atoms with Crippen LogP contribution in [-0.2, 0) is 6.42 Å². The summed E-state index contributed by atoms with van der Waals surface area (Å²) < 4.78 is 0. The Morgan fingerprint density at radius 3 is 2.50 bits per heavy atom. The molecular weight excluding hydrogens is 300 g/mol. The molecule has 0 saturated carbocycles. The molecule has 0 aliphatic carbocycles. The van der Waals surface area contributed by atoms with E-state index in [0.29, 0.717) is 17.6 Å². The van der Waals surface area contributed by atoms with Crippen LogP contribution in [0.4, 0.5) is 11.6 Å². The molecule has 1 amide bonds. The molecular formula is C19H26N4O. The minimum Gasteiger partial charge on any atom is -0.354 e. The number of anilines is 2. The van der Waals surface area contributed by atoms with E-state index in [4.69, 9.17) is 0 Å². The highest BCUT2D eigenvalue weighted by molar-refractivity contribution is 6.03. The second-order valence-electron chi connectivity index (χ2n) is 6.33. The molecule has 0 radical (unpaired) electrons. The lowest BCUT2D eigenvalue weighted by Gasteiger charge is -2.10. The number of nitrogens with one attached hydrogen (secondary N) is 2. The third-order valence-corrected chi connectivity index (χ3v) is 3.71. The van der Waals surface area contributed by atoms with Gasteiger partial charge in [0, 0.05) is 17.9 Å². The van der Waals surface area contributed by atoms with Gasteiger partial charge in [-0.3, -0.25) is 4.79 Å². The molecule has 128 valence electrons. The zero-order valence-electron chi connectivity index (χ0n) is 14.9. The van der Waals surface area contributed by atoms with Gasteiger partial charge in [0.25, 0.3) is 5.91 Å². The van der Waals surface area contributed by atoms with Gasteiger partial charge in [-0.05, 0) is 49.4 Å². The van der Waals surface area contributed by atoms with Crippen molar-refractivity contribution >= 4 is 17.5 Å². The molecule has 24 heavy (non-hydrogen) atoms. The lowest BCUT2D eigenvalue weighted by molar-refractivity contribution is 0.102. The quantitative estimate of drug-likeness (QED) is 0.805. The highest BCUT2D eigenvalue weighted by atomic mass is 16.1. The highest BCUT2D eigenvalue weighted by Crippen LogP contribution is 2.12. The number of rotatable bonds is 7. The molecule has 0 fully saturated rings. The number of hydrogen-bond acceptors (Lipinski definition) is 4. The molecule has 2 rings (SSSR count). The van der Waals surface area contributed by atoms with Crippen LogP contribution < -0.4 is 10.6 Å². The molecule has 0 aliphatic heterocycles. The van der Waals surface area contributed by atoms with E-state index < -0.39 is 0 Å². The maximum absolute atomic E-state index is 12.4. The number of nitrogens with zero attached hydrogens (tertiary/aromatic N) is 2. The standard InChI is InChI=1S/C19H26N4O/c1-5-15-6-8-16(9-7-15)22-18(24)17-12-14(4)21-19(23-17)20-11-10-13(2)3/h6-9,12-13H,5,10-11H2,1-4H3,(H,22,24)(H,20,21,23). The molecule has 5 heteroatoms. The Kier molecular flexibility index (Phi) is 6.29. The monoisotopic (exact) mass is 326 g/mol. The average molecular weight is 326 g/mol. The molecule has 0 saturated heterocycles. The Morgan fingerprint density at radius 2 is 1.88 bits per heavy atom. The number of amides is 1. The molecule has 1 heterocycles. The van der Waals surface area contributed by atoms with Crippen molar-refractivity contribution in [1.82, 2.24) is 9.97 Å². The summed E-state index contributed by atoms with van der Waals surface area (Å²) in [4.78, 5) is 21.1. The maximum Gasteiger partial charge on any atom is 0.274 e. The number of aromatic nitrogens is 2. The topological polar surface area (TPSA) is 66.9 Å². The fourth-order valence-corrected chi connectivity index (χ4v) is 2.26. The van der Waals surface area contributed by atoms with Gasteiger partial charge < -0.3 is 10.6 Å². The van der Waals surface area contributed by atoms with Crippen molar-refractivity contribution in [3.63, 3.8) is 0 Å². The molecule has 0 bridgehead atoms. The Balaban J connectivity index is 2.06. The number of aryl methyl sites for hydroxylation is 2. The van der Waals surface area contributed by atoms with Crippen molar-refractivity contribution in [2.75, 3.05) is 17.2 Å². The van der Waals surface area contributed by atoms with Gasteiger partial charge in [-0.25, -0.2) is 9.97 Å². The zero-order chi connectivity index (χ0) is 17.5. The first kappa shape index (κ1) is 17.9. The van der Waals surface area contributed by atoms with Crippen LogP contribution in [0.3, 0.4) is 0 Å². The van der Waals surface area contributed by atoms with Crippen LogP contribution in [0.15, 0.2) is 30.3 Å². The molecule has 2 N–H and O–H groups in total. The van der Waals surface area contributed by atoms with Crippen LogP contribution in [0.2, 0.25) is 0 Å². The van der Waals surface area contributed by atoms with Crippen LogP contribution in [0.1, 0.15) is 48.9 Å². The van der Waals surface area contributed by atoms with E-state index in [-0.39, 0.29) is 5.91 Å². The Labute approximate surface area is 143 Å². The van der Waals surface area contributed by atoms with Gasteiger partial charge in [0.15, 0.2) is 0 Å². The summed E-state index contributed by atoms with van der Waals surface area (Å²) in [6.45, 7) is 9.09. The van der Waals surface area contributed by atoms with Crippen molar-refractivity contribution in [3.05, 3.63) is 47.3 Å². The molecule has 0 aliphatic rings. The van der Waals surface area contributed by atoms with E-state index in [1.54, 1.807) is 6.07 Å². The second kappa shape index (κ2) is 8.43. The predicted molar refractivity (Wildman–Crippen MR) is 98.5 cm³/mol. The zero-order valence-corrected chi connectivity index (χ0v) is 14.9. The van der Waals surface area contributed by atoms with Crippen molar-refractivity contribution in [3.8, 4) is 0 Å². The van der Waals surface area contributed by atoms with Crippen LogP contribution in [0, 0.1) is 12.8 Å². The summed E-state index contributed by atoms with van der Waals surface area (Å²) >= 11 is 0. The number of carbonyl (C=O) groups excluding carboxylic acids is 1. The number of carbonyl (C=O) groups is 1. The van der Waals surface area contributed by atoms with E-state index in [1.807, 2.05) is 31.2 Å². The van der Waals surface area contributed by atoms with Crippen molar-refractivity contribution in [2.45, 2.75) is 40.5 Å². The third kappa shape index (κ3) is 5.33. The molecule has 2 aromatic rings. The van der Waals surface area contributed by atoms with Gasteiger partial charge in [0.1, 0.15) is 5.69 Å². The van der Waals surface area contributed by atoms with Gasteiger partial charge in [-0.1, -0.05) is 32.9 Å². The van der Waals surface area contributed by atoms with E-state index in [0.717, 1.165) is 30.8 Å². The molecule has 1 aromatic carbocycles. The first-order valence-corrected chi connectivity index (χ1v) is 8.47. The van der Waals surface area contributed by atoms with Gasteiger partial charge in [0.05, 0.1) is 0 Å². The van der Waals surface area contributed by atoms with Crippen LogP contribution >= 0.6 is 0 Å². The summed E-state index contributed by atoms with van der Waals surface area (Å²) in [6.07, 6.45) is 2.01. The number of hydrogen-bond donors (Lipinski definition) is 2. The number of benzene rings is 1. The first-order chi connectivity index (χ1) is 11.5. The van der Waals surface area contributed by atoms with Crippen LogP contribution in [0.25, 0.3) is 0 Å². The molecule has 0 spiro atoms. The minimum atomic E-state index is -0.225. The Bertz CT molecular complexity index is 680. The summed E-state index contributed by atoms with van der Waals surface area (Å²) in [5.74, 6) is 0.884. The van der Waals surface area contributed by atoms with Gasteiger partial charge in [0.2, 0.25) is 5.95 Å². The second-order valence-corrected chi connectivity index (χ2v) is 6.33. The SMILES string of the molecule is CCc1ccc(NC(=O)c2cc(C)nc(NCCC(C)C)n2)cc1. The maximum atomic E-state index is 12.4. The van der Waals surface area contributed by atoms with Crippen molar-refractivity contribution in [1.29, 1.82) is 0 Å². The van der Waals surface area contributed by atoms with Gasteiger partial charge >= 0.3 is 0 Å². The normalized spacial score (nSPS) is 10.7. The van der Waals surface area contributed by atoms with Crippen molar-refractivity contribution in [2.24, 2.45) is 5.92 Å².